The molecule has 3 atom stereocenters. The smallest absolute Gasteiger partial charge is 0.317 e. The van der Waals surface area contributed by atoms with Crippen molar-refractivity contribution in [2.45, 2.75) is 50.4 Å². The van der Waals surface area contributed by atoms with E-state index in [4.69, 9.17) is 4.74 Å². The second-order valence-corrected chi connectivity index (χ2v) is 8.91. The van der Waals surface area contributed by atoms with Crippen LogP contribution in [-0.4, -0.2) is 63.2 Å². The van der Waals surface area contributed by atoms with Gasteiger partial charge in [-0.3, -0.25) is 0 Å². The molecule has 0 aromatic heterocycles. The number of carbonyl (C=O) groups excluding carboxylic acids is 1. The van der Waals surface area contributed by atoms with E-state index in [1.807, 2.05) is 0 Å². The fourth-order valence-corrected chi connectivity index (χ4v) is 4.26. The molecule has 0 radical (unpaired) electrons. The van der Waals surface area contributed by atoms with Crippen LogP contribution < -0.4 is 5.32 Å². The Labute approximate surface area is 133 Å². The van der Waals surface area contributed by atoms with E-state index in [-0.39, 0.29) is 6.03 Å². The molecule has 1 heterocycles. The molecule has 2 amide bonds. The molecule has 0 bridgehead atoms. The van der Waals surface area contributed by atoms with Crippen LogP contribution in [-0.2, 0) is 14.6 Å². The van der Waals surface area contributed by atoms with Gasteiger partial charge in [-0.1, -0.05) is 19.8 Å². The lowest BCUT2D eigenvalue weighted by molar-refractivity contribution is -0.00266. The molecule has 2 rings (SSSR count). The van der Waals surface area contributed by atoms with Crippen molar-refractivity contribution in [3.8, 4) is 0 Å². The van der Waals surface area contributed by atoms with E-state index >= 15 is 0 Å². The first-order valence-electron chi connectivity index (χ1n) is 8.21. The maximum Gasteiger partial charge on any atom is 0.317 e. The summed E-state index contributed by atoms with van der Waals surface area (Å²) in [7, 11) is -3.06. The fraction of sp³-hybridized carbons (Fsp3) is 0.933. The van der Waals surface area contributed by atoms with Crippen LogP contribution in [0.5, 0.6) is 0 Å². The van der Waals surface area contributed by atoms with E-state index in [1.165, 1.54) is 25.5 Å². The third-order valence-corrected chi connectivity index (χ3v) is 6.38. The number of hydrogen-bond acceptors (Lipinski definition) is 4. The van der Waals surface area contributed by atoms with Crippen molar-refractivity contribution in [1.82, 2.24) is 10.2 Å². The molecule has 1 N–H and O–H groups in total. The predicted octanol–water partition coefficient (Wildman–Crippen LogP) is 1.41. The number of sulfone groups is 1. The van der Waals surface area contributed by atoms with Crippen LogP contribution in [0.3, 0.4) is 0 Å². The van der Waals surface area contributed by atoms with Gasteiger partial charge >= 0.3 is 6.03 Å². The summed E-state index contributed by atoms with van der Waals surface area (Å²) in [6, 6.07) is -0.188. The Kier molecular flexibility index (Phi) is 6.09. The normalized spacial score (nSPS) is 29.5. The summed E-state index contributed by atoms with van der Waals surface area (Å²) in [4.78, 5) is 13.6. The highest BCUT2D eigenvalue weighted by Crippen LogP contribution is 2.26. The van der Waals surface area contributed by atoms with E-state index in [0.717, 1.165) is 6.42 Å². The zero-order valence-electron chi connectivity index (χ0n) is 13.6. The van der Waals surface area contributed by atoms with E-state index < -0.39 is 15.1 Å². The number of hydrogen-bond donors (Lipinski definition) is 1. The van der Waals surface area contributed by atoms with Crippen molar-refractivity contribution >= 4 is 15.9 Å². The average molecular weight is 332 g/mol. The largest absolute Gasteiger partial charge is 0.376 e. The van der Waals surface area contributed by atoms with Crippen molar-refractivity contribution < 1.29 is 17.9 Å². The minimum Gasteiger partial charge on any atom is -0.376 e. The molecule has 0 unspecified atom stereocenters. The van der Waals surface area contributed by atoms with Gasteiger partial charge in [0.15, 0.2) is 9.84 Å². The Hall–Kier alpha value is -0.820. The number of amides is 2. The zero-order valence-corrected chi connectivity index (χ0v) is 14.4. The highest BCUT2D eigenvalue weighted by atomic mass is 32.2. The quantitative estimate of drug-likeness (QED) is 0.772. The van der Waals surface area contributed by atoms with Gasteiger partial charge in [-0.15, -0.1) is 0 Å². The molecule has 0 aromatic rings. The van der Waals surface area contributed by atoms with Gasteiger partial charge in [0, 0.05) is 25.9 Å². The van der Waals surface area contributed by atoms with E-state index in [1.54, 1.807) is 4.90 Å². The summed E-state index contributed by atoms with van der Waals surface area (Å²) < 4.78 is 28.8. The van der Waals surface area contributed by atoms with Crippen LogP contribution in [0.2, 0.25) is 0 Å². The number of carbonyl (C=O) groups is 1. The standard InChI is InChI=1S/C15H28N2O4S/c1-12-5-3-4-6-14(12)21-10-8-16-15(18)17-9-7-13(11-17)22(2,19)20/h12-14H,3-11H2,1-2H3,(H,16,18)/t12-,13-,14+/m1/s1. The Bertz CT molecular complexity index is 480. The van der Waals surface area contributed by atoms with Gasteiger partial charge in [0.2, 0.25) is 0 Å². The van der Waals surface area contributed by atoms with E-state index in [0.29, 0.717) is 44.7 Å². The molecule has 0 spiro atoms. The summed E-state index contributed by atoms with van der Waals surface area (Å²) in [5, 5.41) is 2.40. The lowest BCUT2D eigenvalue weighted by Crippen LogP contribution is -2.41. The van der Waals surface area contributed by atoms with Gasteiger partial charge in [0.25, 0.3) is 0 Å². The SMILES string of the molecule is C[C@@H]1CCCC[C@@H]1OCCNC(=O)N1CC[C@@H](S(C)(=O)=O)C1. The van der Waals surface area contributed by atoms with Crippen molar-refractivity contribution in [1.29, 1.82) is 0 Å². The molecule has 1 aliphatic heterocycles. The third kappa shape index (κ3) is 4.84. The molecule has 6 nitrogen and oxygen atoms in total. The molecule has 1 saturated heterocycles. The summed E-state index contributed by atoms with van der Waals surface area (Å²) >= 11 is 0. The Morgan fingerprint density at radius 2 is 2.00 bits per heavy atom. The van der Waals surface area contributed by atoms with Gasteiger partial charge in [-0.05, 0) is 25.2 Å². The average Bonchev–Trinajstić information content (AvgIpc) is 2.95. The zero-order chi connectivity index (χ0) is 16.2. The van der Waals surface area contributed by atoms with Crippen LogP contribution in [0.15, 0.2) is 0 Å². The first kappa shape index (κ1) is 17.5. The summed E-state index contributed by atoms with van der Waals surface area (Å²) in [5.41, 5.74) is 0. The van der Waals surface area contributed by atoms with Gasteiger partial charge in [-0.25, -0.2) is 13.2 Å². The number of likely N-dealkylation sites (tertiary alicyclic amines) is 1. The van der Waals surface area contributed by atoms with Gasteiger partial charge in [-0.2, -0.15) is 0 Å². The second-order valence-electron chi connectivity index (χ2n) is 6.59. The van der Waals surface area contributed by atoms with Crippen LogP contribution in [0.25, 0.3) is 0 Å². The van der Waals surface area contributed by atoms with Crippen LogP contribution in [0, 0.1) is 5.92 Å². The minimum atomic E-state index is -3.06. The molecule has 22 heavy (non-hydrogen) atoms. The maximum atomic E-state index is 12.0. The molecule has 2 aliphatic rings. The predicted molar refractivity (Wildman–Crippen MR) is 85.6 cm³/mol. The number of rotatable bonds is 5. The Balaban J connectivity index is 1.64. The number of nitrogens with zero attached hydrogens (tertiary/aromatic N) is 1. The van der Waals surface area contributed by atoms with Crippen LogP contribution >= 0.6 is 0 Å². The third-order valence-electron chi connectivity index (χ3n) is 4.78. The number of nitrogens with one attached hydrogen (secondary N) is 1. The lowest BCUT2D eigenvalue weighted by Gasteiger charge is -2.28. The van der Waals surface area contributed by atoms with Crippen LogP contribution in [0.1, 0.15) is 39.0 Å². The molecular weight excluding hydrogens is 304 g/mol. The van der Waals surface area contributed by atoms with Crippen LogP contribution in [0.4, 0.5) is 4.79 Å². The molecule has 1 saturated carbocycles. The minimum absolute atomic E-state index is 0.188. The van der Waals surface area contributed by atoms with Gasteiger partial charge in [0.1, 0.15) is 0 Å². The Morgan fingerprint density at radius 3 is 2.64 bits per heavy atom. The summed E-state index contributed by atoms with van der Waals surface area (Å²) in [5.74, 6) is 0.596. The molecule has 128 valence electrons. The van der Waals surface area contributed by atoms with Crippen molar-refractivity contribution in [2.24, 2.45) is 5.92 Å². The lowest BCUT2D eigenvalue weighted by atomic mass is 9.88. The molecular formula is C15H28N2O4S. The number of ether oxygens (including phenoxy) is 1. The van der Waals surface area contributed by atoms with Gasteiger partial charge < -0.3 is 15.0 Å². The first-order valence-corrected chi connectivity index (χ1v) is 10.2. The topological polar surface area (TPSA) is 75.7 Å². The molecule has 1 aliphatic carbocycles. The van der Waals surface area contributed by atoms with Crippen molar-refractivity contribution in [3.05, 3.63) is 0 Å². The van der Waals surface area contributed by atoms with E-state index in [9.17, 15) is 13.2 Å². The van der Waals surface area contributed by atoms with E-state index in [2.05, 4.69) is 12.2 Å². The highest BCUT2D eigenvalue weighted by molar-refractivity contribution is 7.91. The molecule has 2 fully saturated rings. The van der Waals surface area contributed by atoms with Crippen molar-refractivity contribution in [3.63, 3.8) is 0 Å². The molecule has 7 heteroatoms. The monoisotopic (exact) mass is 332 g/mol. The second kappa shape index (κ2) is 7.64. The number of urea groups is 1. The maximum absolute atomic E-state index is 12.0. The van der Waals surface area contributed by atoms with Gasteiger partial charge in [0.05, 0.1) is 18.0 Å². The Morgan fingerprint density at radius 1 is 1.27 bits per heavy atom. The molecule has 0 aromatic carbocycles. The summed E-state index contributed by atoms with van der Waals surface area (Å²) in [6.45, 7) is 4.01. The first-order chi connectivity index (χ1) is 10.4. The fourth-order valence-electron chi connectivity index (χ4n) is 3.27. The summed E-state index contributed by atoms with van der Waals surface area (Å²) in [6.07, 6.45) is 6.92. The highest BCUT2D eigenvalue weighted by Gasteiger charge is 2.32. The van der Waals surface area contributed by atoms with Crippen molar-refractivity contribution in [2.75, 3.05) is 32.5 Å².